The number of aryl methyl sites for hydroxylation is 1. The number of fused-ring (bicyclic) bond motifs is 1. The number of likely N-dealkylation sites (N-methyl/N-ethyl adjacent to an activating group) is 1. The van der Waals surface area contributed by atoms with Crippen molar-refractivity contribution in [2.24, 2.45) is 5.73 Å². The van der Waals surface area contributed by atoms with Crippen molar-refractivity contribution in [1.82, 2.24) is 0 Å². The van der Waals surface area contributed by atoms with Gasteiger partial charge in [0.05, 0.1) is 14.1 Å². The second-order valence-electron chi connectivity index (χ2n) is 7.58. The lowest BCUT2D eigenvalue weighted by molar-refractivity contribution is -0.825. The van der Waals surface area contributed by atoms with Crippen LogP contribution in [0, 0.1) is 12.7 Å². The highest BCUT2D eigenvalue weighted by molar-refractivity contribution is 6.05. The number of rotatable bonds is 6. The number of aliphatic hydroxyl groups excluding tert-OH is 1. The molecule has 3 rings (SSSR count). The van der Waals surface area contributed by atoms with E-state index in [1.54, 1.807) is 37.3 Å². The molecule has 0 aliphatic heterocycles. The number of amides is 2. The highest BCUT2D eigenvalue weighted by Gasteiger charge is 2.42. The van der Waals surface area contributed by atoms with Gasteiger partial charge in [0.2, 0.25) is 0 Å². The molecule has 1 atom stereocenters. The molecule has 152 valence electrons. The summed E-state index contributed by atoms with van der Waals surface area (Å²) in [7, 11) is 3.05. The maximum Gasteiger partial charge on any atom is 0.350 e. The predicted octanol–water partition coefficient (Wildman–Crippen LogP) is 2.53. The average molecular weight is 399 g/mol. The van der Waals surface area contributed by atoms with Crippen LogP contribution in [0.5, 0.6) is 0 Å². The summed E-state index contributed by atoms with van der Waals surface area (Å²) in [6, 6.07) is 10.8. The molecule has 0 bridgehead atoms. The van der Waals surface area contributed by atoms with Crippen LogP contribution in [0.4, 0.5) is 4.39 Å². The summed E-state index contributed by atoms with van der Waals surface area (Å²) >= 11 is 0. The first-order valence-corrected chi connectivity index (χ1v) is 9.21. The van der Waals surface area contributed by atoms with Crippen LogP contribution in [0.15, 0.2) is 46.9 Å². The molecular weight excluding hydrogens is 375 g/mol. The van der Waals surface area contributed by atoms with Gasteiger partial charge in [0.15, 0.2) is 6.04 Å². The fraction of sp³-hybridized carbons (Fsp3) is 0.273. The van der Waals surface area contributed by atoms with Gasteiger partial charge in [-0.1, -0.05) is 24.3 Å². The summed E-state index contributed by atoms with van der Waals surface area (Å²) in [6.07, 6.45) is 0.360. The lowest BCUT2D eigenvalue weighted by Gasteiger charge is -2.32. The Bertz CT molecular complexity index is 1090. The van der Waals surface area contributed by atoms with Crippen LogP contribution < -0.4 is 5.73 Å². The molecule has 1 unspecified atom stereocenters. The van der Waals surface area contributed by atoms with E-state index in [2.05, 4.69) is 0 Å². The third kappa shape index (κ3) is 3.79. The van der Waals surface area contributed by atoms with E-state index >= 15 is 0 Å². The Morgan fingerprint density at radius 3 is 2.52 bits per heavy atom. The van der Waals surface area contributed by atoms with E-state index in [4.69, 9.17) is 10.2 Å². The van der Waals surface area contributed by atoms with Crippen molar-refractivity contribution >= 4 is 22.8 Å². The summed E-state index contributed by atoms with van der Waals surface area (Å²) in [4.78, 5) is 25.0. The zero-order valence-corrected chi connectivity index (χ0v) is 16.6. The molecule has 3 aromatic rings. The molecule has 0 aliphatic rings. The molecule has 0 radical (unpaired) electrons. The van der Waals surface area contributed by atoms with Crippen molar-refractivity contribution in [2.75, 3.05) is 20.7 Å². The van der Waals surface area contributed by atoms with E-state index in [1.807, 2.05) is 6.07 Å². The summed E-state index contributed by atoms with van der Waals surface area (Å²) in [5.41, 5.74) is 7.57. The Labute approximate surface area is 167 Å². The summed E-state index contributed by atoms with van der Waals surface area (Å²) < 4.78 is 19.3. The van der Waals surface area contributed by atoms with Gasteiger partial charge in [-0.25, -0.2) is 13.7 Å². The first-order valence-electron chi connectivity index (χ1n) is 9.21. The number of aliphatic hydroxyl groups is 1. The number of hydrogen-bond acceptors (Lipinski definition) is 4. The monoisotopic (exact) mass is 399 g/mol. The molecule has 0 aliphatic carbocycles. The van der Waals surface area contributed by atoms with Gasteiger partial charge in [0.25, 0.3) is 5.91 Å². The van der Waals surface area contributed by atoms with Crippen LogP contribution in [0.2, 0.25) is 0 Å². The van der Waals surface area contributed by atoms with Crippen LogP contribution in [-0.2, 0) is 11.2 Å². The fourth-order valence-corrected chi connectivity index (χ4v) is 3.55. The summed E-state index contributed by atoms with van der Waals surface area (Å²) in [5.74, 6) is -1.06. The second-order valence-corrected chi connectivity index (χ2v) is 7.58. The van der Waals surface area contributed by atoms with Crippen molar-refractivity contribution in [3.63, 3.8) is 0 Å². The van der Waals surface area contributed by atoms with Crippen LogP contribution >= 0.6 is 0 Å². The Hall–Kier alpha value is -3.03. The highest BCUT2D eigenvalue weighted by Crippen LogP contribution is 2.30. The SMILES string of the molecule is Cc1oc2ccc(Cc3ccccc3F)cc2c1C(=O)[N+](C)(C)C(CO)C(N)=O. The van der Waals surface area contributed by atoms with E-state index in [-0.39, 0.29) is 5.82 Å². The van der Waals surface area contributed by atoms with E-state index in [9.17, 15) is 19.1 Å². The Morgan fingerprint density at radius 1 is 1.21 bits per heavy atom. The fourth-order valence-electron chi connectivity index (χ4n) is 3.55. The number of carbonyl (C=O) groups excluding carboxylic acids is 2. The number of nitrogens with two attached hydrogens (primary N) is 1. The number of halogens is 1. The van der Waals surface area contributed by atoms with Crippen molar-refractivity contribution in [3.8, 4) is 0 Å². The van der Waals surface area contributed by atoms with Gasteiger partial charge in [-0.2, -0.15) is 0 Å². The molecule has 0 fully saturated rings. The van der Waals surface area contributed by atoms with Gasteiger partial charge >= 0.3 is 5.91 Å². The number of hydrogen-bond donors (Lipinski definition) is 2. The predicted molar refractivity (Wildman–Crippen MR) is 107 cm³/mol. The maximum atomic E-state index is 14.0. The second kappa shape index (κ2) is 7.77. The quantitative estimate of drug-likeness (QED) is 0.623. The molecular formula is C22H24FN2O4+. The van der Waals surface area contributed by atoms with Gasteiger partial charge in [-0.3, -0.25) is 4.79 Å². The minimum atomic E-state index is -1.09. The van der Waals surface area contributed by atoms with Gasteiger partial charge in [-0.05, 0) is 36.2 Å². The number of quaternary nitrogens is 1. The van der Waals surface area contributed by atoms with Crippen molar-refractivity contribution < 1.29 is 28.0 Å². The molecule has 0 spiro atoms. The van der Waals surface area contributed by atoms with Gasteiger partial charge < -0.3 is 15.3 Å². The molecule has 1 heterocycles. The molecule has 29 heavy (non-hydrogen) atoms. The maximum absolute atomic E-state index is 14.0. The molecule has 2 aromatic carbocycles. The third-order valence-corrected chi connectivity index (χ3v) is 5.30. The van der Waals surface area contributed by atoms with Gasteiger partial charge in [0, 0.05) is 11.8 Å². The standard InChI is InChI=1S/C22H23FN2O4/c1-13-20(22(28)25(2,3)18(12-26)21(24)27)16-11-14(8-9-19(16)29-13)10-15-6-4-5-7-17(15)23/h4-9,11,18,26H,10,12H2,1-3H3,(H-,24,27)/p+1. The molecule has 0 saturated carbocycles. The number of furan rings is 1. The lowest BCUT2D eigenvalue weighted by Crippen LogP contribution is -2.60. The molecule has 3 N–H and O–H groups in total. The van der Waals surface area contributed by atoms with Crippen LogP contribution in [0.1, 0.15) is 27.2 Å². The zero-order valence-electron chi connectivity index (χ0n) is 16.6. The molecule has 2 amide bonds. The van der Waals surface area contributed by atoms with Gasteiger partial charge in [-0.15, -0.1) is 0 Å². The zero-order chi connectivity index (χ0) is 21.3. The van der Waals surface area contributed by atoms with Crippen molar-refractivity contribution in [2.45, 2.75) is 19.4 Å². The third-order valence-electron chi connectivity index (χ3n) is 5.30. The van der Waals surface area contributed by atoms with Crippen molar-refractivity contribution in [1.29, 1.82) is 0 Å². The topological polar surface area (TPSA) is 93.5 Å². The molecule has 1 aromatic heterocycles. The van der Waals surface area contributed by atoms with E-state index < -0.39 is 28.9 Å². The van der Waals surface area contributed by atoms with Crippen LogP contribution in [0.25, 0.3) is 11.0 Å². The van der Waals surface area contributed by atoms with E-state index in [1.165, 1.54) is 20.2 Å². The number of nitrogens with zero attached hydrogens (tertiary/aromatic N) is 1. The average Bonchev–Trinajstić information content (AvgIpc) is 2.98. The lowest BCUT2D eigenvalue weighted by atomic mass is 10.0. The van der Waals surface area contributed by atoms with E-state index in [0.717, 1.165) is 5.56 Å². The smallest absolute Gasteiger partial charge is 0.350 e. The number of carbonyl (C=O) groups is 2. The van der Waals surface area contributed by atoms with E-state index in [0.29, 0.717) is 34.3 Å². The molecule has 6 nitrogen and oxygen atoms in total. The largest absolute Gasteiger partial charge is 0.460 e. The Balaban J connectivity index is 2.06. The van der Waals surface area contributed by atoms with Gasteiger partial charge in [0.1, 0.15) is 29.3 Å². The minimum absolute atomic E-state index is 0.294. The molecule has 7 heteroatoms. The Morgan fingerprint density at radius 2 is 1.90 bits per heavy atom. The number of benzene rings is 2. The van der Waals surface area contributed by atoms with Crippen molar-refractivity contribution in [3.05, 3.63) is 70.7 Å². The Kier molecular flexibility index (Phi) is 5.55. The summed E-state index contributed by atoms with van der Waals surface area (Å²) in [6.45, 7) is 1.11. The number of primary amides is 1. The normalized spacial score (nSPS) is 12.9. The van der Waals surface area contributed by atoms with Crippen LogP contribution in [-0.4, -0.2) is 48.1 Å². The first kappa shape index (κ1) is 20.7. The highest BCUT2D eigenvalue weighted by atomic mass is 19.1. The van der Waals surface area contributed by atoms with Crippen LogP contribution in [0.3, 0.4) is 0 Å². The summed E-state index contributed by atoms with van der Waals surface area (Å²) in [5, 5.41) is 10.1. The minimum Gasteiger partial charge on any atom is -0.460 e. The first-order chi connectivity index (χ1) is 13.7. The molecule has 0 saturated heterocycles.